The molecule has 6 heteroatoms. The highest BCUT2D eigenvalue weighted by molar-refractivity contribution is 6.31. The molecule has 0 spiro atoms. The lowest BCUT2D eigenvalue weighted by Gasteiger charge is -2.16. The van der Waals surface area contributed by atoms with E-state index >= 15 is 0 Å². The van der Waals surface area contributed by atoms with Gasteiger partial charge in [-0.05, 0) is 44.6 Å². The van der Waals surface area contributed by atoms with Crippen molar-refractivity contribution in [3.63, 3.8) is 0 Å². The van der Waals surface area contributed by atoms with E-state index in [0.717, 1.165) is 31.6 Å². The molecule has 1 atom stereocenters. The molecule has 114 valence electrons. The lowest BCUT2D eigenvalue weighted by molar-refractivity contribution is 0.365. The minimum Gasteiger partial charge on any atom is -0.323 e. The van der Waals surface area contributed by atoms with E-state index in [1.165, 1.54) is 5.56 Å². The average Bonchev–Trinajstić information content (AvgIpc) is 2.85. The van der Waals surface area contributed by atoms with Gasteiger partial charge in [0.15, 0.2) is 0 Å². The number of aromatic nitrogens is 3. The van der Waals surface area contributed by atoms with Crippen LogP contribution in [0.15, 0.2) is 30.7 Å². The third-order valence-corrected chi connectivity index (χ3v) is 3.73. The number of hydrogen-bond donors (Lipinski definition) is 1. The van der Waals surface area contributed by atoms with Crippen molar-refractivity contribution in [2.75, 3.05) is 20.6 Å². The van der Waals surface area contributed by atoms with Crippen molar-refractivity contribution >= 4 is 11.6 Å². The van der Waals surface area contributed by atoms with Gasteiger partial charge in [-0.15, -0.1) is 0 Å². The summed E-state index contributed by atoms with van der Waals surface area (Å²) in [5.41, 5.74) is 8.48. The fraction of sp³-hybridized carbons (Fsp3) is 0.467. The van der Waals surface area contributed by atoms with Gasteiger partial charge in [0.25, 0.3) is 0 Å². The second-order valence-corrected chi connectivity index (χ2v) is 5.81. The summed E-state index contributed by atoms with van der Waals surface area (Å²) in [5, 5.41) is 4.98. The first-order valence-corrected chi connectivity index (χ1v) is 7.46. The van der Waals surface area contributed by atoms with Crippen molar-refractivity contribution in [2.24, 2.45) is 5.73 Å². The minimum atomic E-state index is -0.115. The third-order valence-electron chi connectivity index (χ3n) is 3.44. The van der Waals surface area contributed by atoms with E-state index in [2.05, 4.69) is 15.0 Å². The van der Waals surface area contributed by atoms with Gasteiger partial charge in [0.1, 0.15) is 0 Å². The van der Waals surface area contributed by atoms with Crippen LogP contribution in [0.3, 0.4) is 0 Å². The van der Waals surface area contributed by atoms with Gasteiger partial charge in [0.2, 0.25) is 0 Å². The Balaban J connectivity index is 2.01. The molecule has 0 radical (unpaired) electrons. The van der Waals surface area contributed by atoms with Crippen molar-refractivity contribution in [3.05, 3.63) is 47.0 Å². The predicted octanol–water partition coefficient (Wildman–Crippen LogP) is 2.13. The number of hydrogen-bond acceptors (Lipinski definition) is 4. The molecule has 0 amide bonds. The Morgan fingerprint density at radius 1 is 1.33 bits per heavy atom. The number of aryl methyl sites for hydroxylation is 1. The lowest BCUT2D eigenvalue weighted by atomic mass is 10.0. The standard InChI is InChI=1S/C15H22ClN5/c1-20(2)9-10-21-15(13(16)11-19-21)14(17)4-3-12-5-7-18-8-6-12/h5-8,11,14H,3-4,9-10,17H2,1-2H3. The molecule has 2 heterocycles. The van der Waals surface area contributed by atoms with Gasteiger partial charge in [0, 0.05) is 25.0 Å². The van der Waals surface area contributed by atoms with Crippen LogP contribution in [0, 0.1) is 0 Å². The first kappa shape index (κ1) is 15.9. The van der Waals surface area contributed by atoms with Gasteiger partial charge in [-0.25, -0.2) is 0 Å². The maximum Gasteiger partial charge on any atom is 0.0834 e. The molecule has 0 aliphatic heterocycles. The second-order valence-electron chi connectivity index (χ2n) is 5.40. The van der Waals surface area contributed by atoms with Crippen LogP contribution in [-0.2, 0) is 13.0 Å². The van der Waals surface area contributed by atoms with Crippen molar-refractivity contribution in [2.45, 2.75) is 25.4 Å². The normalized spacial score (nSPS) is 12.8. The van der Waals surface area contributed by atoms with Crippen LogP contribution >= 0.6 is 11.6 Å². The van der Waals surface area contributed by atoms with Gasteiger partial charge in [-0.3, -0.25) is 9.67 Å². The summed E-state index contributed by atoms with van der Waals surface area (Å²) in [5.74, 6) is 0. The predicted molar refractivity (Wildman–Crippen MR) is 85.3 cm³/mol. The van der Waals surface area contributed by atoms with Crippen molar-refractivity contribution in [1.82, 2.24) is 19.7 Å². The zero-order valence-corrected chi connectivity index (χ0v) is 13.3. The molecule has 0 aliphatic rings. The summed E-state index contributed by atoms with van der Waals surface area (Å²) in [7, 11) is 4.07. The molecule has 2 aromatic rings. The van der Waals surface area contributed by atoms with E-state index in [0.29, 0.717) is 5.02 Å². The largest absolute Gasteiger partial charge is 0.323 e. The maximum atomic E-state index is 6.32. The van der Waals surface area contributed by atoms with E-state index in [1.807, 2.05) is 30.9 Å². The first-order valence-electron chi connectivity index (χ1n) is 7.08. The molecule has 0 saturated carbocycles. The topological polar surface area (TPSA) is 60.0 Å². The second kappa shape index (κ2) is 7.54. The molecule has 0 bridgehead atoms. The fourth-order valence-corrected chi connectivity index (χ4v) is 2.50. The number of rotatable bonds is 7. The summed E-state index contributed by atoms with van der Waals surface area (Å²) >= 11 is 6.25. The van der Waals surface area contributed by atoms with Crippen LogP contribution in [0.5, 0.6) is 0 Å². The van der Waals surface area contributed by atoms with Crippen LogP contribution in [-0.4, -0.2) is 40.3 Å². The summed E-state index contributed by atoms with van der Waals surface area (Å²) < 4.78 is 1.92. The molecule has 2 N–H and O–H groups in total. The quantitative estimate of drug-likeness (QED) is 0.851. The molecule has 0 aromatic carbocycles. The highest BCUT2D eigenvalue weighted by Gasteiger charge is 2.17. The van der Waals surface area contributed by atoms with Gasteiger partial charge >= 0.3 is 0 Å². The van der Waals surface area contributed by atoms with Crippen molar-refractivity contribution in [1.29, 1.82) is 0 Å². The molecule has 1 unspecified atom stereocenters. The van der Waals surface area contributed by atoms with Gasteiger partial charge in [-0.2, -0.15) is 5.10 Å². The Bertz CT molecular complexity index is 552. The summed E-state index contributed by atoms with van der Waals surface area (Å²) in [6, 6.07) is 3.91. The average molecular weight is 308 g/mol. The minimum absolute atomic E-state index is 0.115. The Labute approximate surface area is 130 Å². The number of nitrogens with two attached hydrogens (primary N) is 1. The zero-order chi connectivity index (χ0) is 15.2. The molecular weight excluding hydrogens is 286 g/mol. The van der Waals surface area contributed by atoms with Crippen LogP contribution < -0.4 is 5.73 Å². The Hall–Kier alpha value is -1.43. The first-order chi connectivity index (χ1) is 10.1. The lowest BCUT2D eigenvalue weighted by Crippen LogP contribution is -2.23. The molecule has 2 aromatic heterocycles. The SMILES string of the molecule is CN(C)CCn1ncc(Cl)c1C(N)CCc1ccncc1. The Kier molecular flexibility index (Phi) is 5.73. The molecule has 0 aliphatic carbocycles. The number of nitrogens with zero attached hydrogens (tertiary/aromatic N) is 4. The summed E-state index contributed by atoms with van der Waals surface area (Å²) in [4.78, 5) is 6.13. The molecule has 0 saturated heterocycles. The number of pyridine rings is 1. The zero-order valence-electron chi connectivity index (χ0n) is 12.5. The van der Waals surface area contributed by atoms with Gasteiger partial charge in [0.05, 0.1) is 23.5 Å². The Morgan fingerprint density at radius 2 is 2.05 bits per heavy atom. The van der Waals surface area contributed by atoms with E-state index in [-0.39, 0.29) is 6.04 Å². The van der Waals surface area contributed by atoms with E-state index in [9.17, 15) is 0 Å². The highest BCUT2D eigenvalue weighted by atomic mass is 35.5. The van der Waals surface area contributed by atoms with E-state index in [1.54, 1.807) is 18.6 Å². The number of likely N-dealkylation sites (N-methyl/N-ethyl adjacent to an activating group) is 1. The van der Waals surface area contributed by atoms with Crippen LogP contribution in [0.25, 0.3) is 0 Å². The van der Waals surface area contributed by atoms with Crippen molar-refractivity contribution < 1.29 is 0 Å². The molecule has 2 rings (SSSR count). The van der Waals surface area contributed by atoms with Crippen LogP contribution in [0.1, 0.15) is 23.7 Å². The molecule has 0 fully saturated rings. The molecular formula is C15H22ClN5. The van der Waals surface area contributed by atoms with Crippen LogP contribution in [0.4, 0.5) is 0 Å². The molecule has 21 heavy (non-hydrogen) atoms. The van der Waals surface area contributed by atoms with Crippen LogP contribution in [0.2, 0.25) is 5.02 Å². The summed E-state index contributed by atoms with van der Waals surface area (Å²) in [6.07, 6.45) is 7.01. The highest BCUT2D eigenvalue weighted by Crippen LogP contribution is 2.24. The van der Waals surface area contributed by atoms with Crippen molar-refractivity contribution in [3.8, 4) is 0 Å². The Morgan fingerprint density at radius 3 is 2.71 bits per heavy atom. The molecule has 5 nitrogen and oxygen atoms in total. The fourth-order valence-electron chi connectivity index (χ4n) is 2.22. The monoisotopic (exact) mass is 307 g/mol. The summed E-state index contributed by atoms with van der Waals surface area (Å²) in [6.45, 7) is 1.69. The van der Waals surface area contributed by atoms with Gasteiger partial charge < -0.3 is 10.6 Å². The van der Waals surface area contributed by atoms with E-state index < -0.39 is 0 Å². The maximum absolute atomic E-state index is 6.32. The van der Waals surface area contributed by atoms with E-state index in [4.69, 9.17) is 17.3 Å². The number of halogens is 1. The van der Waals surface area contributed by atoms with Gasteiger partial charge in [-0.1, -0.05) is 11.6 Å². The third kappa shape index (κ3) is 4.52. The smallest absolute Gasteiger partial charge is 0.0834 e.